The van der Waals surface area contributed by atoms with Crippen LogP contribution in [0.3, 0.4) is 0 Å². The molecular weight excluding hydrogens is 343 g/mol. The third kappa shape index (κ3) is 8.18. The number of hydrogen-bond donors (Lipinski definition) is 3. The molecular formula is C15H20Cl2N2O4. The standard InChI is InChI=1S/C15H20Cl2N2O4/c1-19(4-2-15(22)23)5-3-18-14(21)9-13(20)10-6-11(16)8-12(17)7-10/h6-8,13,20H,2-5,9H2,1H3,(H,18,21)(H,22,23). The van der Waals surface area contributed by atoms with Gasteiger partial charge in [-0.15, -0.1) is 0 Å². The predicted octanol–water partition coefficient (Wildman–Crippen LogP) is 1.94. The van der Waals surface area contributed by atoms with E-state index in [0.29, 0.717) is 35.2 Å². The normalized spacial score (nSPS) is 12.2. The first-order valence-corrected chi connectivity index (χ1v) is 7.84. The second-order valence-corrected chi connectivity index (χ2v) is 6.09. The van der Waals surface area contributed by atoms with Gasteiger partial charge < -0.3 is 20.4 Å². The summed E-state index contributed by atoms with van der Waals surface area (Å²) in [6, 6.07) is 4.67. The SMILES string of the molecule is CN(CCNC(=O)CC(O)c1cc(Cl)cc(Cl)c1)CCC(=O)O. The summed E-state index contributed by atoms with van der Waals surface area (Å²) in [5.41, 5.74) is 0.483. The van der Waals surface area contributed by atoms with E-state index in [-0.39, 0.29) is 18.7 Å². The number of aliphatic hydroxyl groups is 1. The highest BCUT2D eigenvalue weighted by molar-refractivity contribution is 6.34. The monoisotopic (exact) mass is 362 g/mol. The van der Waals surface area contributed by atoms with Gasteiger partial charge in [0.2, 0.25) is 5.91 Å². The molecule has 0 aromatic heterocycles. The quantitative estimate of drug-likeness (QED) is 0.624. The van der Waals surface area contributed by atoms with Gasteiger partial charge in [-0.25, -0.2) is 0 Å². The Bertz CT molecular complexity index is 534. The Kier molecular flexibility index (Phi) is 8.33. The summed E-state index contributed by atoms with van der Waals surface area (Å²) >= 11 is 11.7. The van der Waals surface area contributed by atoms with Gasteiger partial charge in [-0.1, -0.05) is 23.2 Å². The number of carboxylic acid groups (broad SMARTS) is 1. The fourth-order valence-electron chi connectivity index (χ4n) is 1.92. The van der Waals surface area contributed by atoms with E-state index in [4.69, 9.17) is 28.3 Å². The molecule has 0 fully saturated rings. The van der Waals surface area contributed by atoms with Crippen LogP contribution in [0.4, 0.5) is 0 Å². The molecule has 0 spiro atoms. The molecule has 0 bridgehead atoms. The van der Waals surface area contributed by atoms with Gasteiger partial charge in [-0.3, -0.25) is 9.59 Å². The molecule has 0 saturated heterocycles. The minimum atomic E-state index is -0.990. The van der Waals surface area contributed by atoms with Crippen LogP contribution in [0.2, 0.25) is 10.0 Å². The lowest BCUT2D eigenvalue weighted by atomic mass is 10.1. The minimum Gasteiger partial charge on any atom is -0.481 e. The van der Waals surface area contributed by atoms with Crippen LogP contribution < -0.4 is 5.32 Å². The number of carbonyl (C=O) groups excluding carboxylic acids is 1. The molecule has 6 nitrogen and oxygen atoms in total. The topological polar surface area (TPSA) is 89.9 Å². The van der Waals surface area contributed by atoms with Crippen molar-refractivity contribution >= 4 is 35.1 Å². The second-order valence-electron chi connectivity index (χ2n) is 5.22. The Morgan fingerprint density at radius 1 is 1.22 bits per heavy atom. The summed E-state index contributed by atoms with van der Waals surface area (Å²) in [6.07, 6.45) is -1.04. The Labute approximate surface area is 145 Å². The fraction of sp³-hybridized carbons (Fsp3) is 0.467. The zero-order valence-electron chi connectivity index (χ0n) is 12.8. The van der Waals surface area contributed by atoms with Crippen molar-refractivity contribution in [1.82, 2.24) is 10.2 Å². The molecule has 0 aliphatic heterocycles. The van der Waals surface area contributed by atoms with Gasteiger partial charge in [0.25, 0.3) is 0 Å². The molecule has 1 atom stereocenters. The highest BCUT2D eigenvalue weighted by Gasteiger charge is 2.14. The predicted molar refractivity (Wildman–Crippen MR) is 88.8 cm³/mol. The number of carbonyl (C=O) groups is 2. The molecule has 0 aliphatic rings. The number of nitrogens with one attached hydrogen (secondary N) is 1. The number of nitrogens with zero attached hydrogens (tertiary/aromatic N) is 1. The van der Waals surface area contributed by atoms with Crippen molar-refractivity contribution in [2.45, 2.75) is 18.9 Å². The molecule has 8 heteroatoms. The summed E-state index contributed by atoms with van der Waals surface area (Å²) in [6.45, 7) is 1.31. The Morgan fingerprint density at radius 2 is 1.83 bits per heavy atom. The van der Waals surface area contributed by atoms with Crippen molar-refractivity contribution in [2.24, 2.45) is 0 Å². The van der Waals surface area contributed by atoms with Crippen molar-refractivity contribution in [1.29, 1.82) is 0 Å². The summed E-state index contributed by atoms with van der Waals surface area (Å²) < 4.78 is 0. The average Bonchev–Trinajstić information content (AvgIpc) is 2.44. The molecule has 1 unspecified atom stereocenters. The van der Waals surface area contributed by atoms with Gasteiger partial charge in [0.05, 0.1) is 18.9 Å². The number of benzene rings is 1. The van der Waals surface area contributed by atoms with Gasteiger partial charge in [0.15, 0.2) is 0 Å². The van der Waals surface area contributed by atoms with Crippen molar-refractivity contribution in [3.05, 3.63) is 33.8 Å². The number of hydrogen-bond acceptors (Lipinski definition) is 4. The summed E-state index contributed by atoms with van der Waals surface area (Å²) in [5.74, 6) is -1.16. The summed E-state index contributed by atoms with van der Waals surface area (Å²) in [4.78, 5) is 24.0. The van der Waals surface area contributed by atoms with Crippen LogP contribution in [0.1, 0.15) is 24.5 Å². The number of carboxylic acids is 1. The molecule has 0 heterocycles. The molecule has 3 N–H and O–H groups in total. The first-order chi connectivity index (χ1) is 10.8. The first-order valence-electron chi connectivity index (χ1n) is 7.09. The summed E-state index contributed by atoms with van der Waals surface area (Å²) in [5, 5.41) is 22.1. The Balaban J connectivity index is 2.34. The first kappa shape index (κ1) is 19.7. The number of rotatable bonds is 9. The third-order valence-electron chi connectivity index (χ3n) is 3.17. The van der Waals surface area contributed by atoms with E-state index in [9.17, 15) is 14.7 Å². The number of halogens is 2. The lowest BCUT2D eigenvalue weighted by Crippen LogP contribution is -2.34. The Hall–Kier alpha value is -1.34. The second kappa shape index (κ2) is 9.72. The van der Waals surface area contributed by atoms with Crippen LogP contribution >= 0.6 is 23.2 Å². The number of aliphatic carboxylic acids is 1. The highest BCUT2D eigenvalue weighted by Crippen LogP contribution is 2.25. The zero-order chi connectivity index (χ0) is 17.4. The molecule has 1 aromatic rings. The van der Waals surface area contributed by atoms with Crippen LogP contribution in [-0.2, 0) is 9.59 Å². The van der Waals surface area contributed by atoms with Gasteiger partial charge >= 0.3 is 5.97 Å². The maximum atomic E-state index is 11.8. The number of amides is 1. The van der Waals surface area contributed by atoms with Crippen LogP contribution in [-0.4, -0.2) is 53.7 Å². The third-order valence-corrected chi connectivity index (χ3v) is 3.61. The van der Waals surface area contributed by atoms with Crippen LogP contribution in [0.25, 0.3) is 0 Å². The van der Waals surface area contributed by atoms with E-state index >= 15 is 0 Å². The molecule has 0 aliphatic carbocycles. The maximum Gasteiger partial charge on any atom is 0.304 e. The summed E-state index contributed by atoms with van der Waals surface area (Å²) in [7, 11) is 1.78. The lowest BCUT2D eigenvalue weighted by molar-refractivity contribution is -0.137. The molecule has 0 radical (unpaired) electrons. The maximum absolute atomic E-state index is 11.8. The van der Waals surface area contributed by atoms with E-state index < -0.39 is 12.1 Å². The van der Waals surface area contributed by atoms with E-state index in [1.54, 1.807) is 25.2 Å². The van der Waals surface area contributed by atoms with E-state index in [1.807, 2.05) is 4.90 Å². The van der Waals surface area contributed by atoms with Crippen molar-refractivity contribution in [3.8, 4) is 0 Å². The fourth-order valence-corrected chi connectivity index (χ4v) is 2.46. The van der Waals surface area contributed by atoms with Crippen molar-refractivity contribution in [2.75, 3.05) is 26.7 Å². The van der Waals surface area contributed by atoms with Crippen LogP contribution in [0.5, 0.6) is 0 Å². The number of aliphatic hydroxyl groups excluding tert-OH is 1. The smallest absolute Gasteiger partial charge is 0.304 e. The van der Waals surface area contributed by atoms with Crippen LogP contribution in [0, 0.1) is 0 Å². The van der Waals surface area contributed by atoms with E-state index in [2.05, 4.69) is 5.32 Å². The van der Waals surface area contributed by atoms with Crippen molar-refractivity contribution in [3.63, 3.8) is 0 Å². The highest BCUT2D eigenvalue weighted by atomic mass is 35.5. The Morgan fingerprint density at radius 3 is 2.39 bits per heavy atom. The van der Waals surface area contributed by atoms with E-state index in [1.165, 1.54) is 0 Å². The van der Waals surface area contributed by atoms with Gasteiger partial charge in [-0.2, -0.15) is 0 Å². The molecule has 1 amide bonds. The molecule has 128 valence electrons. The van der Waals surface area contributed by atoms with Crippen LogP contribution in [0.15, 0.2) is 18.2 Å². The van der Waals surface area contributed by atoms with Crippen molar-refractivity contribution < 1.29 is 19.8 Å². The average molecular weight is 363 g/mol. The molecule has 1 rings (SSSR count). The van der Waals surface area contributed by atoms with Gasteiger partial charge in [-0.05, 0) is 30.8 Å². The van der Waals surface area contributed by atoms with E-state index in [0.717, 1.165) is 0 Å². The minimum absolute atomic E-state index is 0.0543. The lowest BCUT2D eigenvalue weighted by Gasteiger charge is -2.16. The zero-order valence-corrected chi connectivity index (χ0v) is 14.3. The van der Waals surface area contributed by atoms with Gasteiger partial charge in [0.1, 0.15) is 0 Å². The molecule has 0 saturated carbocycles. The van der Waals surface area contributed by atoms with Gasteiger partial charge in [0, 0.05) is 29.7 Å². The molecule has 23 heavy (non-hydrogen) atoms. The molecule has 1 aromatic carbocycles. The largest absolute Gasteiger partial charge is 0.481 e. The number of likely N-dealkylation sites (N-methyl/N-ethyl adjacent to an activating group) is 1.